The average molecular weight is 347 g/mol. The predicted molar refractivity (Wildman–Crippen MR) is 92.3 cm³/mol. The van der Waals surface area contributed by atoms with Gasteiger partial charge in [-0.3, -0.25) is 4.79 Å². The maximum absolute atomic E-state index is 12.6. The van der Waals surface area contributed by atoms with E-state index in [0.29, 0.717) is 24.9 Å². The third kappa shape index (κ3) is 5.05. The SMILES string of the molecule is CC(C)(C)OC(=O)C1CCCN1C(=O)CCc1ccccc1C(=O)O. The predicted octanol–water partition coefficient (Wildman–Crippen LogP) is 2.65. The fourth-order valence-electron chi connectivity index (χ4n) is 3.01. The molecular weight excluding hydrogens is 322 g/mol. The van der Waals surface area contributed by atoms with Crippen LogP contribution in [0.15, 0.2) is 24.3 Å². The first-order chi connectivity index (χ1) is 11.7. The highest BCUT2D eigenvalue weighted by Crippen LogP contribution is 2.22. The summed E-state index contributed by atoms with van der Waals surface area (Å²) in [6.07, 6.45) is 1.87. The van der Waals surface area contributed by atoms with Crippen LogP contribution in [0.2, 0.25) is 0 Å². The molecule has 1 aromatic rings. The Labute approximate surface area is 147 Å². The maximum atomic E-state index is 12.6. The summed E-state index contributed by atoms with van der Waals surface area (Å²) in [5.74, 6) is -1.52. The summed E-state index contributed by atoms with van der Waals surface area (Å²) in [7, 11) is 0. The van der Waals surface area contributed by atoms with Crippen molar-refractivity contribution >= 4 is 17.8 Å². The van der Waals surface area contributed by atoms with Crippen LogP contribution in [-0.2, 0) is 20.7 Å². The third-order valence-electron chi connectivity index (χ3n) is 4.11. The van der Waals surface area contributed by atoms with Crippen molar-refractivity contribution in [1.82, 2.24) is 4.90 Å². The van der Waals surface area contributed by atoms with Crippen molar-refractivity contribution in [1.29, 1.82) is 0 Å². The Morgan fingerprint density at radius 2 is 1.92 bits per heavy atom. The Balaban J connectivity index is 2.01. The normalized spacial score (nSPS) is 17.4. The molecule has 1 fully saturated rings. The van der Waals surface area contributed by atoms with Crippen LogP contribution in [0.4, 0.5) is 0 Å². The average Bonchev–Trinajstić information content (AvgIpc) is 3.01. The van der Waals surface area contributed by atoms with Gasteiger partial charge >= 0.3 is 11.9 Å². The van der Waals surface area contributed by atoms with E-state index >= 15 is 0 Å². The van der Waals surface area contributed by atoms with Gasteiger partial charge in [0.1, 0.15) is 11.6 Å². The summed E-state index contributed by atoms with van der Waals surface area (Å²) in [5, 5.41) is 9.21. The molecule has 1 aromatic carbocycles. The number of benzene rings is 1. The maximum Gasteiger partial charge on any atom is 0.335 e. The van der Waals surface area contributed by atoms with Gasteiger partial charge in [0.15, 0.2) is 0 Å². The van der Waals surface area contributed by atoms with Crippen LogP contribution in [0.1, 0.15) is 56.0 Å². The van der Waals surface area contributed by atoms with Crippen molar-refractivity contribution in [2.45, 2.75) is 58.1 Å². The monoisotopic (exact) mass is 347 g/mol. The fourth-order valence-corrected chi connectivity index (χ4v) is 3.01. The molecule has 136 valence electrons. The standard InChI is InChI=1S/C19H25NO5/c1-19(2,3)25-18(24)15-9-6-12-20(15)16(21)11-10-13-7-4-5-8-14(13)17(22)23/h4-5,7-8,15H,6,9-12H2,1-3H3,(H,22,23). The third-order valence-corrected chi connectivity index (χ3v) is 4.11. The molecule has 1 aliphatic heterocycles. The van der Waals surface area contributed by atoms with Crippen LogP contribution in [0.3, 0.4) is 0 Å². The number of carbonyl (C=O) groups is 3. The molecule has 6 heteroatoms. The number of carboxylic acid groups (broad SMARTS) is 1. The number of amides is 1. The van der Waals surface area contributed by atoms with Crippen LogP contribution in [0.25, 0.3) is 0 Å². The summed E-state index contributed by atoms with van der Waals surface area (Å²) in [6, 6.07) is 6.12. The lowest BCUT2D eigenvalue weighted by Crippen LogP contribution is -2.43. The molecule has 2 rings (SSSR count). The summed E-state index contributed by atoms with van der Waals surface area (Å²) < 4.78 is 5.40. The molecule has 0 bridgehead atoms. The van der Waals surface area contributed by atoms with Gasteiger partial charge in [-0.2, -0.15) is 0 Å². The van der Waals surface area contributed by atoms with E-state index in [0.717, 1.165) is 6.42 Å². The number of carboxylic acids is 1. The van der Waals surface area contributed by atoms with Crippen LogP contribution in [0, 0.1) is 0 Å². The smallest absolute Gasteiger partial charge is 0.335 e. The minimum Gasteiger partial charge on any atom is -0.478 e. The second kappa shape index (κ2) is 7.68. The molecule has 1 aliphatic rings. The molecule has 0 aromatic heterocycles. The zero-order valence-electron chi connectivity index (χ0n) is 14.9. The fraction of sp³-hybridized carbons (Fsp3) is 0.526. The number of hydrogen-bond donors (Lipinski definition) is 1. The molecule has 25 heavy (non-hydrogen) atoms. The first kappa shape index (κ1) is 19.0. The minimum absolute atomic E-state index is 0.145. The Morgan fingerprint density at radius 1 is 1.24 bits per heavy atom. The van der Waals surface area contributed by atoms with E-state index in [9.17, 15) is 19.5 Å². The Hall–Kier alpha value is -2.37. The number of ether oxygens (including phenoxy) is 1. The molecule has 1 saturated heterocycles. The molecule has 0 spiro atoms. The van der Waals surface area contributed by atoms with Gasteiger partial charge in [0, 0.05) is 13.0 Å². The summed E-state index contributed by atoms with van der Waals surface area (Å²) in [4.78, 5) is 37.7. The van der Waals surface area contributed by atoms with Gasteiger partial charge in [-0.25, -0.2) is 9.59 Å². The van der Waals surface area contributed by atoms with E-state index in [1.54, 1.807) is 43.9 Å². The van der Waals surface area contributed by atoms with Crippen LogP contribution >= 0.6 is 0 Å². The van der Waals surface area contributed by atoms with Crippen molar-refractivity contribution in [2.24, 2.45) is 0 Å². The van der Waals surface area contributed by atoms with Crippen molar-refractivity contribution in [2.75, 3.05) is 6.54 Å². The van der Waals surface area contributed by atoms with Gasteiger partial charge in [0.25, 0.3) is 0 Å². The first-order valence-corrected chi connectivity index (χ1v) is 8.52. The second-order valence-corrected chi connectivity index (χ2v) is 7.24. The van der Waals surface area contributed by atoms with E-state index in [1.807, 2.05) is 0 Å². The summed E-state index contributed by atoms with van der Waals surface area (Å²) >= 11 is 0. The Bertz CT molecular complexity index is 662. The van der Waals surface area contributed by atoms with E-state index < -0.39 is 17.6 Å². The number of aryl methyl sites for hydroxylation is 1. The van der Waals surface area contributed by atoms with Crippen molar-refractivity contribution < 1.29 is 24.2 Å². The molecule has 6 nitrogen and oxygen atoms in total. The molecule has 1 unspecified atom stereocenters. The van der Waals surface area contributed by atoms with Crippen LogP contribution in [-0.4, -0.2) is 46.0 Å². The zero-order valence-corrected chi connectivity index (χ0v) is 14.9. The van der Waals surface area contributed by atoms with Gasteiger partial charge < -0.3 is 14.7 Å². The highest BCUT2D eigenvalue weighted by molar-refractivity contribution is 5.90. The van der Waals surface area contributed by atoms with E-state index in [1.165, 1.54) is 6.07 Å². The highest BCUT2D eigenvalue weighted by Gasteiger charge is 2.36. The topological polar surface area (TPSA) is 83.9 Å². The first-order valence-electron chi connectivity index (χ1n) is 8.52. The number of esters is 1. The zero-order chi connectivity index (χ0) is 18.6. The van der Waals surface area contributed by atoms with Crippen LogP contribution in [0.5, 0.6) is 0 Å². The second-order valence-electron chi connectivity index (χ2n) is 7.24. The number of carbonyl (C=O) groups excluding carboxylic acids is 2. The molecule has 1 heterocycles. The van der Waals surface area contributed by atoms with Gasteiger partial charge in [-0.15, -0.1) is 0 Å². The van der Waals surface area contributed by atoms with Crippen molar-refractivity contribution in [3.63, 3.8) is 0 Å². The highest BCUT2D eigenvalue weighted by atomic mass is 16.6. The Kier molecular flexibility index (Phi) is 5.82. The van der Waals surface area contributed by atoms with Crippen molar-refractivity contribution in [3.05, 3.63) is 35.4 Å². The minimum atomic E-state index is -1.00. The molecule has 1 amide bonds. The lowest BCUT2D eigenvalue weighted by Gasteiger charge is -2.27. The molecule has 1 atom stereocenters. The van der Waals surface area contributed by atoms with E-state index in [-0.39, 0.29) is 23.9 Å². The number of nitrogens with zero attached hydrogens (tertiary/aromatic N) is 1. The van der Waals surface area contributed by atoms with Gasteiger partial charge in [-0.1, -0.05) is 18.2 Å². The lowest BCUT2D eigenvalue weighted by atomic mass is 10.0. The molecule has 1 N–H and O–H groups in total. The quantitative estimate of drug-likeness (QED) is 0.828. The van der Waals surface area contributed by atoms with Gasteiger partial charge in [-0.05, 0) is 51.7 Å². The number of hydrogen-bond acceptors (Lipinski definition) is 4. The Morgan fingerprint density at radius 3 is 2.56 bits per heavy atom. The molecular formula is C19H25NO5. The lowest BCUT2D eigenvalue weighted by molar-refractivity contribution is -0.163. The number of likely N-dealkylation sites (tertiary alicyclic amines) is 1. The van der Waals surface area contributed by atoms with E-state index in [4.69, 9.17) is 4.74 Å². The number of aromatic carboxylic acids is 1. The van der Waals surface area contributed by atoms with Gasteiger partial charge in [0.05, 0.1) is 5.56 Å². The largest absolute Gasteiger partial charge is 0.478 e. The summed E-state index contributed by atoms with van der Waals surface area (Å²) in [6.45, 7) is 5.93. The number of rotatable bonds is 5. The van der Waals surface area contributed by atoms with E-state index in [2.05, 4.69) is 0 Å². The van der Waals surface area contributed by atoms with Crippen LogP contribution < -0.4 is 0 Å². The van der Waals surface area contributed by atoms with Crippen molar-refractivity contribution in [3.8, 4) is 0 Å². The van der Waals surface area contributed by atoms with Gasteiger partial charge in [0.2, 0.25) is 5.91 Å². The molecule has 0 radical (unpaired) electrons. The summed E-state index contributed by atoms with van der Waals surface area (Å²) in [5.41, 5.74) is 0.242. The molecule has 0 saturated carbocycles. The molecule has 0 aliphatic carbocycles.